The molecule has 0 atom stereocenters. The molecule has 2 aromatic carbocycles. The van der Waals surface area contributed by atoms with Crippen LogP contribution in [0, 0.1) is 0 Å². The second kappa shape index (κ2) is 7.53. The van der Waals surface area contributed by atoms with Gasteiger partial charge in [-0.25, -0.2) is 0 Å². The monoisotopic (exact) mass is 335 g/mol. The SMILES string of the molecule is c1ccc(-c2ccccn2)cc1.c1cnc2c(c1)ccc1ncccc12. The van der Waals surface area contributed by atoms with E-state index in [-0.39, 0.29) is 0 Å². The Kier molecular flexibility index (Phi) is 4.61. The van der Waals surface area contributed by atoms with Gasteiger partial charge in [-0.3, -0.25) is 15.0 Å². The number of benzene rings is 2. The highest BCUT2D eigenvalue weighted by Gasteiger charge is 1.99. The lowest BCUT2D eigenvalue weighted by atomic mass is 10.1. The second-order valence-corrected chi connectivity index (χ2v) is 5.79. The van der Waals surface area contributed by atoms with Gasteiger partial charge in [-0.2, -0.15) is 0 Å². The lowest BCUT2D eigenvalue weighted by molar-refractivity contribution is 1.33. The Balaban J connectivity index is 0.000000131. The Labute approximate surface area is 152 Å². The molecule has 5 rings (SSSR count). The van der Waals surface area contributed by atoms with Gasteiger partial charge < -0.3 is 0 Å². The van der Waals surface area contributed by atoms with Crippen LogP contribution in [0.5, 0.6) is 0 Å². The maximum Gasteiger partial charge on any atom is 0.0795 e. The largest absolute Gasteiger partial charge is 0.256 e. The fourth-order valence-corrected chi connectivity index (χ4v) is 2.84. The number of fused-ring (bicyclic) bond motifs is 3. The highest BCUT2D eigenvalue weighted by atomic mass is 14.7. The highest BCUT2D eigenvalue weighted by molar-refractivity contribution is 6.03. The molecule has 0 spiro atoms. The Bertz CT molecular complexity index is 1030. The van der Waals surface area contributed by atoms with Crippen molar-refractivity contribution in [3.63, 3.8) is 0 Å². The number of hydrogen-bond acceptors (Lipinski definition) is 3. The van der Waals surface area contributed by atoms with E-state index in [0.717, 1.165) is 33.1 Å². The van der Waals surface area contributed by atoms with Crippen molar-refractivity contribution in [1.82, 2.24) is 15.0 Å². The molecule has 0 amide bonds. The lowest BCUT2D eigenvalue weighted by Gasteiger charge is -2.00. The van der Waals surface area contributed by atoms with E-state index < -0.39 is 0 Å². The second-order valence-electron chi connectivity index (χ2n) is 5.79. The summed E-state index contributed by atoms with van der Waals surface area (Å²) >= 11 is 0. The van der Waals surface area contributed by atoms with Crippen LogP contribution >= 0.6 is 0 Å². The topological polar surface area (TPSA) is 38.7 Å². The van der Waals surface area contributed by atoms with Crippen LogP contribution in [-0.2, 0) is 0 Å². The first-order valence-corrected chi connectivity index (χ1v) is 8.47. The minimum Gasteiger partial charge on any atom is -0.256 e. The van der Waals surface area contributed by atoms with Crippen molar-refractivity contribution in [3.8, 4) is 11.3 Å². The summed E-state index contributed by atoms with van der Waals surface area (Å²) in [7, 11) is 0. The van der Waals surface area contributed by atoms with Crippen LogP contribution in [0.15, 0.2) is 104 Å². The lowest BCUT2D eigenvalue weighted by Crippen LogP contribution is -1.82. The fraction of sp³-hybridized carbons (Fsp3) is 0. The van der Waals surface area contributed by atoms with Gasteiger partial charge in [0.2, 0.25) is 0 Å². The van der Waals surface area contributed by atoms with E-state index in [0.29, 0.717) is 0 Å². The number of pyridine rings is 3. The Hall–Kier alpha value is -3.59. The maximum atomic E-state index is 4.37. The number of rotatable bonds is 1. The van der Waals surface area contributed by atoms with E-state index in [1.165, 1.54) is 0 Å². The summed E-state index contributed by atoms with van der Waals surface area (Å²) in [5, 5.41) is 2.28. The zero-order valence-corrected chi connectivity index (χ0v) is 14.2. The Morgan fingerprint density at radius 3 is 2.12 bits per heavy atom. The van der Waals surface area contributed by atoms with Gasteiger partial charge >= 0.3 is 0 Å². The number of nitrogens with zero attached hydrogens (tertiary/aromatic N) is 3. The molecule has 0 aliphatic heterocycles. The standard InChI is InChI=1S/C12H8N2.C11H9N/c1-3-9-5-6-11-10(4-2-7-13-11)12(9)14-8-1;1-2-6-10(7-3-1)11-8-4-5-9-12-11/h1-8H;1-9H. The van der Waals surface area contributed by atoms with Crippen molar-refractivity contribution in [1.29, 1.82) is 0 Å². The molecular weight excluding hydrogens is 318 g/mol. The molecule has 124 valence electrons. The first-order valence-electron chi connectivity index (χ1n) is 8.47. The van der Waals surface area contributed by atoms with E-state index in [2.05, 4.69) is 45.3 Å². The third kappa shape index (κ3) is 3.42. The van der Waals surface area contributed by atoms with Gasteiger partial charge in [-0.15, -0.1) is 0 Å². The van der Waals surface area contributed by atoms with Gasteiger partial charge in [0, 0.05) is 34.9 Å². The van der Waals surface area contributed by atoms with Crippen molar-refractivity contribution >= 4 is 21.8 Å². The van der Waals surface area contributed by atoms with Crippen LogP contribution in [0.1, 0.15) is 0 Å². The average molecular weight is 335 g/mol. The zero-order valence-electron chi connectivity index (χ0n) is 14.2. The molecule has 0 aliphatic rings. The first-order chi connectivity index (χ1) is 12.9. The van der Waals surface area contributed by atoms with Crippen LogP contribution in [-0.4, -0.2) is 15.0 Å². The molecule has 0 aliphatic carbocycles. The van der Waals surface area contributed by atoms with Gasteiger partial charge in [0.05, 0.1) is 16.7 Å². The molecule has 3 nitrogen and oxygen atoms in total. The summed E-state index contributed by atoms with van der Waals surface area (Å²) < 4.78 is 0. The van der Waals surface area contributed by atoms with Crippen molar-refractivity contribution in [2.75, 3.05) is 0 Å². The van der Waals surface area contributed by atoms with Crippen molar-refractivity contribution in [2.45, 2.75) is 0 Å². The Morgan fingerprint density at radius 1 is 0.500 bits per heavy atom. The molecule has 0 N–H and O–H groups in total. The van der Waals surface area contributed by atoms with Crippen LogP contribution in [0.4, 0.5) is 0 Å². The summed E-state index contributed by atoms with van der Waals surface area (Å²) in [5.74, 6) is 0. The van der Waals surface area contributed by atoms with Crippen molar-refractivity contribution < 1.29 is 0 Å². The van der Waals surface area contributed by atoms with E-state index in [1.807, 2.05) is 67.0 Å². The summed E-state index contributed by atoms with van der Waals surface area (Å²) in [6.07, 6.45) is 5.42. The summed E-state index contributed by atoms with van der Waals surface area (Å²) in [6.45, 7) is 0. The minimum atomic E-state index is 0.999. The molecule has 0 saturated heterocycles. The molecule has 0 bridgehead atoms. The van der Waals surface area contributed by atoms with Crippen LogP contribution < -0.4 is 0 Å². The van der Waals surface area contributed by atoms with E-state index in [4.69, 9.17) is 0 Å². The van der Waals surface area contributed by atoms with Crippen LogP contribution in [0.3, 0.4) is 0 Å². The Morgan fingerprint density at radius 2 is 1.27 bits per heavy atom. The van der Waals surface area contributed by atoms with Gasteiger partial charge in [0.25, 0.3) is 0 Å². The maximum absolute atomic E-state index is 4.37. The molecule has 26 heavy (non-hydrogen) atoms. The van der Waals surface area contributed by atoms with Crippen molar-refractivity contribution in [2.24, 2.45) is 0 Å². The minimum absolute atomic E-state index is 0.999. The molecule has 5 aromatic rings. The molecule has 0 fully saturated rings. The first kappa shape index (κ1) is 15.9. The molecular formula is C23H17N3. The summed E-state index contributed by atoms with van der Waals surface area (Å²) in [5.41, 5.74) is 4.22. The predicted octanol–water partition coefficient (Wildman–Crippen LogP) is 5.53. The summed E-state index contributed by atoms with van der Waals surface area (Å²) in [4.78, 5) is 12.9. The van der Waals surface area contributed by atoms with E-state index in [1.54, 1.807) is 6.20 Å². The zero-order chi connectivity index (χ0) is 17.6. The fourth-order valence-electron chi connectivity index (χ4n) is 2.84. The third-order valence-corrected chi connectivity index (χ3v) is 4.09. The number of aromatic nitrogens is 3. The highest BCUT2D eigenvalue weighted by Crippen LogP contribution is 2.21. The molecule has 3 heteroatoms. The normalized spacial score (nSPS) is 10.3. The van der Waals surface area contributed by atoms with E-state index in [9.17, 15) is 0 Å². The molecule has 3 aromatic heterocycles. The predicted molar refractivity (Wildman–Crippen MR) is 107 cm³/mol. The third-order valence-electron chi connectivity index (χ3n) is 4.09. The summed E-state index contributed by atoms with van der Waals surface area (Å²) in [6, 6.07) is 28.2. The molecule has 3 heterocycles. The van der Waals surface area contributed by atoms with Gasteiger partial charge in [0.15, 0.2) is 0 Å². The molecule has 0 unspecified atom stereocenters. The van der Waals surface area contributed by atoms with Gasteiger partial charge in [-0.05, 0) is 36.4 Å². The van der Waals surface area contributed by atoms with Gasteiger partial charge in [-0.1, -0.05) is 48.5 Å². The van der Waals surface area contributed by atoms with Gasteiger partial charge in [0.1, 0.15) is 0 Å². The molecule has 0 radical (unpaired) electrons. The quantitative estimate of drug-likeness (QED) is 0.378. The van der Waals surface area contributed by atoms with Crippen LogP contribution in [0.25, 0.3) is 33.1 Å². The average Bonchev–Trinajstić information content (AvgIpc) is 2.75. The van der Waals surface area contributed by atoms with Crippen LogP contribution in [0.2, 0.25) is 0 Å². The number of hydrogen-bond donors (Lipinski definition) is 0. The smallest absolute Gasteiger partial charge is 0.0795 e. The molecule has 0 saturated carbocycles. The van der Waals surface area contributed by atoms with Crippen molar-refractivity contribution in [3.05, 3.63) is 104 Å². The van der Waals surface area contributed by atoms with E-state index >= 15 is 0 Å².